The molecule has 0 aromatic rings. The number of nitrogens with zero attached hydrogens (tertiary/aromatic N) is 1. The zero-order chi connectivity index (χ0) is 17.9. The molecule has 3 atom stereocenters. The number of nitrogens with one attached hydrogen (secondary N) is 2. The third-order valence-corrected chi connectivity index (χ3v) is 7.65. The minimum atomic E-state index is -0.142. The summed E-state index contributed by atoms with van der Waals surface area (Å²) in [6.45, 7) is 2.68. The van der Waals surface area contributed by atoms with Gasteiger partial charge >= 0.3 is 0 Å². The van der Waals surface area contributed by atoms with E-state index < -0.39 is 0 Å². The molecule has 0 saturated carbocycles. The van der Waals surface area contributed by atoms with Crippen molar-refractivity contribution in [1.82, 2.24) is 15.5 Å². The molecular formula is C20H31N3O2S. The summed E-state index contributed by atoms with van der Waals surface area (Å²) in [5.74, 6) is 0.194. The van der Waals surface area contributed by atoms with Crippen molar-refractivity contribution in [3.8, 4) is 0 Å². The van der Waals surface area contributed by atoms with Crippen LogP contribution in [-0.4, -0.2) is 47.8 Å². The Morgan fingerprint density at radius 1 is 1.00 bits per heavy atom. The van der Waals surface area contributed by atoms with E-state index in [0.29, 0.717) is 0 Å². The van der Waals surface area contributed by atoms with Gasteiger partial charge in [-0.25, -0.2) is 0 Å². The Labute approximate surface area is 160 Å². The molecule has 5 nitrogen and oxygen atoms in total. The van der Waals surface area contributed by atoms with Crippen LogP contribution in [0.5, 0.6) is 0 Å². The third kappa shape index (κ3) is 3.81. The number of likely N-dealkylation sites (tertiary alicyclic amines) is 1. The molecule has 3 heterocycles. The summed E-state index contributed by atoms with van der Waals surface area (Å²) in [5.41, 5.74) is 1.34. The molecule has 144 valence electrons. The van der Waals surface area contributed by atoms with Crippen molar-refractivity contribution in [2.75, 3.05) is 19.6 Å². The van der Waals surface area contributed by atoms with Gasteiger partial charge in [-0.05, 0) is 74.8 Å². The maximum absolute atomic E-state index is 13.4. The van der Waals surface area contributed by atoms with Crippen molar-refractivity contribution in [3.05, 3.63) is 10.5 Å². The normalized spacial score (nSPS) is 32.3. The number of amides is 2. The highest BCUT2D eigenvalue weighted by Gasteiger charge is 2.43. The second kappa shape index (κ2) is 8.34. The van der Waals surface area contributed by atoms with Gasteiger partial charge in [0.05, 0.1) is 17.3 Å². The second-order valence-corrected chi connectivity index (χ2v) is 9.31. The van der Waals surface area contributed by atoms with Crippen LogP contribution in [-0.2, 0) is 9.59 Å². The summed E-state index contributed by atoms with van der Waals surface area (Å²) < 4.78 is 0. The van der Waals surface area contributed by atoms with Crippen LogP contribution in [0.15, 0.2) is 10.5 Å². The quantitative estimate of drug-likeness (QED) is 0.794. The maximum Gasteiger partial charge on any atom is 0.238 e. The largest absolute Gasteiger partial charge is 0.342 e. The zero-order valence-electron chi connectivity index (χ0n) is 15.6. The number of hydrogen-bond donors (Lipinski definition) is 2. The van der Waals surface area contributed by atoms with E-state index in [2.05, 4.69) is 15.5 Å². The van der Waals surface area contributed by atoms with E-state index in [9.17, 15) is 9.59 Å². The lowest BCUT2D eigenvalue weighted by Crippen LogP contribution is -2.50. The zero-order valence-corrected chi connectivity index (χ0v) is 16.4. The molecule has 2 N–H and O–H groups in total. The van der Waals surface area contributed by atoms with E-state index in [1.165, 1.54) is 36.2 Å². The first-order chi connectivity index (χ1) is 12.7. The van der Waals surface area contributed by atoms with Crippen LogP contribution in [0, 0.1) is 5.92 Å². The molecule has 4 rings (SSSR count). The van der Waals surface area contributed by atoms with Crippen LogP contribution in [0.3, 0.4) is 0 Å². The fourth-order valence-electron chi connectivity index (χ4n) is 4.80. The van der Waals surface area contributed by atoms with Crippen LogP contribution >= 0.6 is 11.8 Å². The molecule has 0 bridgehead atoms. The van der Waals surface area contributed by atoms with Crippen molar-refractivity contribution in [1.29, 1.82) is 0 Å². The highest BCUT2D eigenvalue weighted by atomic mass is 32.2. The monoisotopic (exact) mass is 377 g/mol. The number of carbonyl (C=O) groups excluding carboxylic acids is 2. The first-order valence-corrected chi connectivity index (χ1v) is 11.3. The summed E-state index contributed by atoms with van der Waals surface area (Å²) >= 11 is 1.77. The number of thioether (sulfide) groups is 1. The number of carbonyl (C=O) groups is 2. The molecule has 0 aromatic carbocycles. The minimum absolute atomic E-state index is 0.0779. The molecule has 1 aliphatic carbocycles. The number of allylic oxidation sites excluding steroid dienone is 1. The van der Waals surface area contributed by atoms with Crippen molar-refractivity contribution < 1.29 is 9.59 Å². The van der Waals surface area contributed by atoms with Gasteiger partial charge in [-0.1, -0.05) is 6.42 Å². The Hall–Kier alpha value is -1.01. The Bertz CT molecular complexity index is 580. The average Bonchev–Trinajstić information content (AvgIpc) is 3.25. The molecule has 3 aliphatic heterocycles. The lowest BCUT2D eigenvalue weighted by atomic mass is 9.92. The van der Waals surface area contributed by atoms with Crippen molar-refractivity contribution in [2.24, 2.45) is 5.92 Å². The standard InChI is InChI=1S/C20H31N3O2S/c24-18(15-9-7-11-21-15)22-19-17(20(25)23-12-5-2-6-13-23)14-8-3-1-4-10-16(14)26-19/h15,17,19,21H,1-13H2,(H,22,24)/t15-,17?,19?/m0/s1. The van der Waals surface area contributed by atoms with E-state index >= 15 is 0 Å². The molecular weight excluding hydrogens is 346 g/mol. The molecule has 0 aromatic heterocycles. The topological polar surface area (TPSA) is 61.4 Å². The first kappa shape index (κ1) is 18.4. The SMILES string of the molecule is O=C(NC1SC2=C(CCCCC2)C1C(=O)N1CCCCC1)[C@@H]1CCCN1. The molecule has 2 unspecified atom stereocenters. The van der Waals surface area contributed by atoms with Gasteiger partial charge in [-0.3, -0.25) is 9.59 Å². The molecule has 0 radical (unpaired) electrons. The third-order valence-electron chi connectivity index (χ3n) is 6.25. The van der Waals surface area contributed by atoms with E-state index in [4.69, 9.17) is 0 Å². The lowest BCUT2D eigenvalue weighted by molar-refractivity contribution is -0.135. The molecule has 0 spiro atoms. The number of rotatable bonds is 3. The predicted molar refractivity (Wildman–Crippen MR) is 105 cm³/mol. The van der Waals surface area contributed by atoms with Crippen molar-refractivity contribution >= 4 is 23.6 Å². The molecule has 4 aliphatic rings. The van der Waals surface area contributed by atoms with Gasteiger partial charge in [-0.2, -0.15) is 0 Å². The Balaban J connectivity index is 1.52. The fraction of sp³-hybridized carbons (Fsp3) is 0.800. The van der Waals surface area contributed by atoms with Crippen LogP contribution in [0.2, 0.25) is 0 Å². The van der Waals surface area contributed by atoms with E-state index in [1.54, 1.807) is 11.8 Å². The summed E-state index contributed by atoms with van der Waals surface area (Å²) in [7, 11) is 0. The highest BCUT2D eigenvalue weighted by Crippen LogP contribution is 2.47. The predicted octanol–water partition coefficient (Wildman–Crippen LogP) is 2.77. The number of piperidine rings is 1. The highest BCUT2D eigenvalue weighted by molar-refractivity contribution is 8.04. The van der Waals surface area contributed by atoms with Crippen molar-refractivity contribution in [2.45, 2.75) is 75.6 Å². The smallest absolute Gasteiger partial charge is 0.238 e. The first-order valence-electron chi connectivity index (χ1n) is 10.4. The van der Waals surface area contributed by atoms with Gasteiger partial charge in [-0.15, -0.1) is 11.8 Å². The van der Waals surface area contributed by atoms with Crippen LogP contribution in [0.4, 0.5) is 0 Å². The van der Waals surface area contributed by atoms with Crippen LogP contribution < -0.4 is 10.6 Å². The van der Waals surface area contributed by atoms with Gasteiger partial charge in [0.15, 0.2) is 0 Å². The van der Waals surface area contributed by atoms with Gasteiger partial charge in [0.2, 0.25) is 11.8 Å². The maximum atomic E-state index is 13.4. The van der Waals surface area contributed by atoms with Crippen molar-refractivity contribution in [3.63, 3.8) is 0 Å². The average molecular weight is 378 g/mol. The molecule has 26 heavy (non-hydrogen) atoms. The molecule has 2 saturated heterocycles. The van der Waals surface area contributed by atoms with Crippen LogP contribution in [0.25, 0.3) is 0 Å². The molecule has 6 heteroatoms. The number of hydrogen-bond acceptors (Lipinski definition) is 4. The fourth-order valence-corrected chi connectivity index (χ4v) is 6.34. The van der Waals surface area contributed by atoms with E-state index in [0.717, 1.165) is 58.2 Å². The van der Waals surface area contributed by atoms with E-state index in [1.807, 2.05) is 0 Å². The van der Waals surface area contributed by atoms with E-state index in [-0.39, 0.29) is 29.1 Å². The van der Waals surface area contributed by atoms with Gasteiger partial charge < -0.3 is 15.5 Å². The van der Waals surface area contributed by atoms with Gasteiger partial charge in [0.1, 0.15) is 0 Å². The minimum Gasteiger partial charge on any atom is -0.342 e. The molecule has 2 amide bonds. The Kier molecular flexibility index (Phi) is 5.89. The Morgan fingerprint density at radius 2 is 1.77 bits per heavy atom. The Morgan fingerprint density at radius 3 is 2.54 bits per heavy atom. The summed E-state index contributed by atoms with van der Waals surface area (Å²) in [6.07, 6.45) is 11.2. The van der Waals surface area contributed by atoms with Gasteiger partial charge in [0.25, 0.3) is 0 Å². The van der Waals surface area contributed by atoms with Crippen LogP contribution in [0.1, 0.15) is 64.2 Å². The summed E-state index contributed by atoms with van der Waals surface area (Å²) in [6, 6.07) is -0.0817. The summed E-state index contributed by atoms with van der Waals surface area (Å²) in [4.78, 5) is 29.5. The summed E-state index contributed by atoms with van der Waals surface area (Å²) in [5, 5.41) is 6.41. The second-order valence-electron chi connectivity index (χ2n) is 8.07. The molecule has 2 fully saturated rings. The van der Waals surface area contributed by atoms with Gasteiger partial charge in [0, 0.05) is 13.1 Å². The lowest BCUT2D eigenvalue weighted by Gasteiger charge is -2.32.